The number of allylic oxidation sites excluding steroid dienone is 3. The molecule has 4 bridgehead atoms. The Labute approximate surface area is 98.8 Å². The molecule has 0 radical (unpaired) electrons. The fourth-order valence-electron chi connectivity index (χ4n) is 6.40. The van der Waals surface area contributed by atoms with Crippen LogP contribution in [-0.4, -0.2) is 0 Å². The third-order valence-corrected chi connectivity index (χ3v) is 6.63. The summed E-state index contributed by atoms with van der Waals surface area (Å²) in [6.07, 6.45) is 11.7. The third kappa shape index (κ3) is 0.792. The van der Waals surface area contributed by atoms with Gasteiger partial charge in [-0.15, -0.1) is 6.58 Å². The van der Waals surface area contributed by atoms with Gasteiger partial charge in [0.25, 0.3) is 0 Å². The molecule has 7 atom stereocenters. The zero-order valence-corrected chi connectivity index (χ0v) is 10.4. The Morgan fingerprint density at radius 1 is 1.31 bits per heavy atom. The molecule has 16 heavy (non-hydrogen) atoms. The summed E-state index contributed by atoms with van der Waals surface area (Å²) in [5.41, 5.74) is 1.10. The maximum absolute atomic E-state index is 4.09. The molecule has 4 rings (SSSR count). The van der Waals surface area contributed by atoms with Gasteiger partial charge in [0, 0.05) is 0 Å². The molecule has 3 saturated carbocycles. The van der Waals surface area contributed by atoms with Gasteiger partial charge in [-0.05, 0) is 59.7 Å². The molecule has 0 aromatic heterocycles. The van der Waals surface area contributed by atoms with Crippen LogP contribution in [-0.2, 0) is 0 Å². The van der Waals surface area contributed by atoms with Crippen LogP contribution in [0, 0.1) is 40.4 Å². The molecule has 0 amide bonds. The predicted octanol–water partition coefficient (Wildman–Crippen LogP) is 4.05. The first kappa shape index (κ1) is 9.50. The van der Waals surface area contributed by atoms with Crippen LogP contribution in [0.3, 0.4) is 0 Å². The Bertz CT molecular complexity index is 393. The minimum atomic E-state index is 0.528. The number of hydrogen-bond acceptors (Lipinski definition) is 0. The lowest BCUT2D eigenvalue weighted by atomic mass is 9.58. The molecule has 0 N–H and O–H groups in total. The van der Waals surface area contributed by atoms with Crippen molar-refractivity contribution in [3.05, 3.63) is 24.8 Å². The lowest BCUT2D eigenvalue weighted by Crippen LogP contribution is -2.41. The summed E-state index contributed by atoms with van der Waals surface area (Å²) in [5, 5.41) is 0. The van der Waals surface area contributed by atoms with Crippen molar-refractivity contribution in [2.45, 2.75) is 33.1 Å². The Hall–Kier alpha value is -0.520. The molecule has 0 spiro atoms. The first-order valence-corrected chi connectivity index (χ1v) is 6.90. The van der Waals surface area contributed by atoms with E-state index in [4.69, 9.17) is 0 Å². The van der Waals surface area contributed by atoms with Crippen molar-refractivity contribution >= 4 is 0 Å². The van der Waals surface area contributed by atoms with Gasteiger partial charge in [-0.1, -0.05) is 32.1 Å². The average Bonchev–Trinajstić information content (AvgIpc) is 2.90. The maximum atomic E-state index is 4.09. The van der Waals surface area contributed by atoms with Gasteiger partial charge < -0.3 is 0 Å². The molecule has 86 valence electrons. The molecular weight excluding hydrogens is 192 g/mol. The molecular formula is C16H22. The van der Waals surface area contributed by atoms with Gasteiger partial charge in [0.2, 0.25) is 0 Å². The first-order valence-electron chi connectivity index (χ1n) is 6.90. The van der Waals surface area contributed by atoms with Gasteiger partial charge in [0.15, 0.2) is 0 Å². The molecule has 0 heteroatoms. The second kappa shape index (κ2) is 2.49. The van der Waals surface area contributed by atoms with Gasteiger partial charge in [-0.2, -0.15) is 0 Å². The van der Waals surface area contributed by atoms with Crippen molar-refractivity contribution in [2.24, 2.45) is 40.4 Å². The van der Waals surface area contributed by atoms with E-state index in [9.17, 15) is 0 Å². The van der Waals surface area contributed by atoms with E-state index < -0.39 is 0 Å². The number of hydrogen-bond donors (Lipinski definition) is 0. The zero-order valence-electron chi connectivity index (χ0n) is 10.4. The van der Waals surface area contributed by atoms with Crippen LogP contribution < -0.4 is 0 Å². The summed E-state index contributed by atoms with van der Waals surface area (Å²) in [4.78, 5) is 0. The fourth-order valence-corrected chi connectivity index (χ4v) is 6.40. The van der Waals surface area contributed by atoms with Crippen LogP contribution in [0.1, 0.15) is 33.1 Å². The summed E-state index contributed by atoms with van der Waals surface area (Å²) in [6, 6.07) is 0. The van der Waals surface area contributed by atoms with E-state index in [-0.39, 0.29) is 0 Å². The van der Waals surface area contributed by atoms with E-state index in [2.05, 4.69) is 38.7 Å². The normalized spacial score (nSPS) is 65.2. The summed E-state index contributed by atoms with van der Waals surface area (Å²) >= 11 is 0. The van der Waals surface area contributed by atoms with Crippen molar-refractivity contribution < 1.29 is 0 Å². The van der Waals surface area contributed by atoms with Crippen LogP contribution in [0.5, 0.6) is 0 Å². The average molecular weight is 214 g/mol. The van der Waals surface area contributed by atoms with E-state index in [1.165, 1.54) is 19.3 Å². The number of rotatable bonds is 1. The maximum Gasteiger partial charge on any atom is -0.0104 e. The van der Waals surface area contributed by atoms with Crippen molar-refractivity contribution in [2.75, 3.05) is 0 Å². The highest BCUT2D eigenvalue weighted by molar-refractivity contribution is 5.29. The monoisotopic (exact) mass is 214 g/mol. The molecule has 4 aliphatic carbocycles. The van der Waals surface area contributed by atoms with Gasteiger partial charge in [0.05, 0.1) is 0 Å². The second-order valence-electron chi connectivity index (χ2n) is 7.34. The molecule has 0 aliphatic heterocycles. The van der Waals surface area contributed by atoms with E-state index in [1.54, 1.807) is 0 Å². The first-order chi connectivity index (χ1) is 7.58. The molecule has 0 nitrogen and oxygen atoms in total. The van der Waals surface area contributed by atoms with Gasteiger partial charge in [0.1, 0.15) is 0 Å². The summed E-state index contributed by atoms with van der Waals surface area (Å²) < 4.78 is 0. The van der Waals surface area contributed by atoms with Gasteiger partial charge >= 0.3 is 0 Å². The molecule has 4 aliphatic rings. The summed E-state index contributed by atoms with van der Waals surface area (Å²) in [5.74, 6) is 4.71. The Morgan fingerprint density at radius 3 is 2.88 bits per heavy atom. The van der Waals surface area contributed by atoms with E-state index in [1.807, 2.05) is 0 Å². The van der Waals surface area contributed by atoms with Crippen molar-refractivity contribution in [3.8, 4) is 0 Å². The van der Waals surface area contributed by atoms with Crippen molar-refractivity contribution in [1.82, 2.24) is 0 Å². The SMILES string of the molecule is C=CC1CC2CC1(C)C1C2C2C=CC1(C)C2. The Morgan fingerprint density at radius 2 is 2.12 bits per heavy atom. The molecule has 0 aromatic rings. The van der Waals surface area contributed by atoms with Gasteiger partial charge in [-0.25, -0.2) is 0 Å². The highest BCUT2D eigenvalue weighted by atomic mass is 14.7. The lowest BCUT2D eigenvalue weighted by Gasteiger charge is -2.46. The quantitative estimate of drug-likeness (QED) is 0.456. The molecule has 0 saturated heterocycles. The van der Waals surface area contributed by atoms with Crippen molar-refractivity contribution in [3.63, 3.8) is 0 Å². The van der Waals surface area contributed by atoms with E-state index in [0.717, 1.165) is 29.6 Å². The van der Waals surface area contributed by atoms with Gasteiger partial charge in [-0.3, -0.25) is 0 Å². The standard InChI is InChI=1S/C16H22/c1-4-12-7-11-9-16(12,3)14-13(11)10-5-6-15(14,2)8-10/h4-6,10-14H,1,7-9H2,2-3H3. The highest BCUT2D eigenvalue weighted by Gasteiger charge is 2.69. The van der Waals surface area contributed by atoms with Crippen molar-refractivity contribution in [1.29, 1.82) is 0 Å². The molecule has 3 fully saturated rings. The fraction of sp³-hybridized carbons (Fsp3) is 0.750. The predicted molar refractivity (Wildman–Crippen MR) is 66.9 cm³/mol. The smallest absolute Gasteiger partial charge is 0.0104 e. The van der Waals surface area contributed by atoms with Crippen LogP contribution in [0.25, 0.3) is 0 Å². The minimum absolute atomic E-state index is 0.528. The largest absolute Gasteiger partial charge is 0.103 e. The summed E-state index contributed by atoms with van der Waals surface area (Å²) in [7, 11) is 0. The molecule has 0 aromatic carbocycles. The topological polar surface area (TPSA) is 0 Å². The Kier molecular flexibility index (Phi) is 1.48. The zero-order chi connectivity index (χ0) is 11.1. The van der Waals surface area contributed by atoms with E-state index >= 15 is 0 Å². The third-order valence-electron chi connectivity index (χ3n) is 6.63. The molecule has 0 heterocycles. The Balaban J connectivity index is 1.85. The lowest BCUT2D eigenvalue weighted by molar-refractivity contribution is 0.0560. The van der Waals surface area contributed by atoms with Crippen LogP contribution in [0.15, 0.2) is 24.8 Å². The second-order valence-corrected chi connectivity index (χ2v) is 7.34. The van der Waals surface area contributed by atoms with E-state index in [0.29, 0.717) is 10.8 Å². The van der Waals surface area contributed by atoms with Crippen LogP contribution in [0.4, 0.5) is 0 Å². The highest BCUT2D eigenvalue weighted by Crippen LogP contribution is 2.76. The van der Waals surface area contributed by atoms with Crippen LogP contribution in [0.2, 0.25) is 0 Å². The number of fused-ring (bicyclic) bond motifs is 9. The summed E-state index contributed by atoms with van der Waals surface area (Å²) in [6.45, 7) is 9.16. The molecule has 7 unspecified atom stereocenters. The minimum Gasteiger partial charge on any atom is -0.103 e. The van der Waals surface area contributed by atoms with Crippen LogP contribution >= 0.6 is 0 Å².